The van der Waals surface area contributed by atoms with Crippen molar-refractivity contribution in [2.45, 2.75) is 12.5 Å². The fraction of sp³-hybridized carbons (Fsp3) is 0.188. The Hall–Kier alpha value is -2.53. The molecule has 5 heteroatoms. The SMILES string of the molecule is COC1C=CC(c2c[nH]nc2-c2ccc(O)cc2O)=CC1. The first-order valence-electron chi connectivity index (χ1n) is 6.66. The van der Waals surface area contributed by atoms with E-state index in [1.807, 2.05) is 12.2 Å². The summed E-state index contributed by atoms with van der Waals surface area (Å²) < 4.78 is 5.28. The Kier molecular flexibility index (Phi) is 3.50. The second-order valence-electron chi connectivity index (χ2n) is 4.88. The van der Waals surface area contributed by atoms with E-state index < -0.39 is 0 Å². The molecule has 21 heavy (non-hydrogen) atoms. The van der Waals surface area contributed by atoms with E-state index in [1.54, 1.807) is 19.4 Å². The number of phenolic OH excluding ortho intramolecular Hbond substituents is 2. The Morgan fingerprint density at radius 3 is 2.81 bits per heavy atom. The molecule has 2 aromatic rings. The van der Waals surface area contributed by atoms with Crippen molar-refractivity contribution in [3.8, 4) is 22.8 Å². The second-order valence-corrected chi connectivity index (χ2v) is 4.88. The van der Waals surface area contributed by atoms with Crippen LogP contribution in [0.4, 0.5) is 0 Å². The molecule has 1 atom stereocenters. The van der Waals surface area contributed by atoms with Gasteiger partial charge in [-0.1, -0.05) is 18.2 Å². The van der Waals surface area contributed by atoms with Crippen LogP contribution in [0.15, 0.2) is 42.6 Å². The molecule has 1 aromatic carbocycles. The van der Waals surface area contributed by atoms with Crippen LogP contribution >= 0.6 is 0 Å². The molecule has 108 valence electrons. The summed E-state index contributed by atoms with van der Waals surface area (Å²) in [5.74, 6) is 0.0200. The first-order valence-corrected chi connectivity index (χ1v) is 6.66. The molecule has 3 rings (SSSR count). The summed E-state index contributed by atoms with van der Waals surface area (Å²) in [5.41, 5.74) is 3.16. The number of nitrogens with one attached hydrogen (secondary N) is 1. The molecule has 0 aliphatic heterocycles. The van der Waals surface area contributed by atoms with Crippen molar-refractivity contribution in [2.75, 3.05) is 7.11 Å². The van der Waals surface area contributed by atoms with Gasteiger partial charge in [-0.2, -0.15) is 5.10 Å². The lowest BCUT2D eigenvalue weighted by molar-refractivity contribution is 0.143. The van der Waals surface area contributed by atoms with E-state index in [1.165, 1.54) is 12.1 Å². The maximum atomic E-state index is 9.99. The van der Waals surface area contributed by atoms with Gasteiger partial charge in [0.2, 0.25) is 0 Å². The summed E-state index contributed by atoms with van der Waals surface area (Å²) >= 11 is 0. The fourth-order valence-corrected chi connectivity index (χ4v) is 2.41. The van der Waals surface area contributed by atoms with Gasteiger partial charge in [0.15, 0.2) is 0 Å². The molecule has 5 nitrogen and oxygen atoms in total. The zero-order valence-electron chi connectivity index (χ0n) is 11.6. The number of H-pyrrole nitrogens is 1. The molecule has 0 radical (unpaired) electrons. The van der Waals surface area contributed by atoms with Crippen LogP contribution in [-0.4, -0.2) is 33.6 Å². The number of allylic oxidation sites excluding steroid dienone is 2. The molecule has 1 heterocycles. The van der Waals surface area contributed by atoms with Gasteiger partial charge in [-0.3, -0.25) is 5.10 Å². The van der Waals surface area contributed by atoms with Gasteiger partial charge in [-0.25, -0.2) is 0 Å². The van der Waals surface area contributed by atoms with Crippen molar-refractivity contribution < 1.29 is 14.9 Å². The minimum absolute atomic E-state index is 0.00138. The summed E-state index contributed by atoms with van der Waals surface area (Å²) in [4.78, 5) is 0. The molecule has 1 unspecified atom stereocenters. The highest BCUT2D eigenvalue weighted by atomic mass is 16.5. The standard InChI is InChI=1S/C16H16N2O3/c1-21-12-5-2-10(3-6-12)14-9-17-18-16(14)13-7-4-11(19)8-15(13)20/h2-5,7-9,12,19-20H,6H2,1H3,(H,17,18). The fourth-order valence-electron chi connectivity index (χ4n) is 2.41. The van der Waals surface area contributed by atoms with E-state index in [-0.39, 0.29) is 17.6 Å². The van der Waals surface area contributed by atoms with E-state index in [4.69, 9.17) is 4.74 Å². The molecule has 1 aliphatic carbocycles. The number of methoxy groups -OCH3 is 1. The third kappa shape index (κ3) is 2.55. The number of ether oxygens (including phenoxy) is 1. The van der Waals surface area contributed by atoms with Crippen molar-refractivity contribution >= 4 is 5.57 Å². The molecular weight excluding hydrogens is 268 g/mol. The maximum Gasteiger partial charge on any atom is 0.128 e. The Morgan fingerprint density at radius 2 is 2.14 bits per heavy atom. The Bertz CT molecular complexity index is 716. The molecule has 0 saturated carbocycles. The van der Waals surface area contributed by atoms with Gasteiger partial charge >= 0.3 is 0 Å². The van der Waals surface area contributed by atoms with E-state index in [9.17, 15) is 10.2 Å². The molecular formula is C16H16N2O3. The van der Waals surface area contributed by atoms with E-state index in [2.05, 4.69) is 16.3 Å². The molecule has 0 fully saturated rings. The molecule has 0 saturated heterocycles. The Labute approximate surface area is 122 Å². The molecule has 0 amide bonds. The summed E-state index contributed by atoms with van der Waals surface area (Å²) in [6, 6.07) is 4.48. The molecule has 0 bridgehead atoms. The summed E-state index contributed by atoms with van der Waals surface area (Å²) in [6.07, 6.45) is 8.78. The van der Waals surface area contributed by atoms with Crippen LogP contribution in [0, 0.1) is 0 Å². The summed E-state index contributed by atoms with van der Waals surface area (Å²) in [7, 11) is 1.69. The quantitative estimate of drug-likeness (QED) is 0.810. The van der Waals surface area contributed by atoms with Crippen molar-refractivity contribution in [3.63, 3.8) is 0 Å². The number of benzene rings is 1. The largest absolute Gasteiger partial charge is 0.508 e. The third-order valence-corrected chi connectivity index (χ3v) is 3.55. The highest BCUT2D eigenvalue weighted by Gasteiger charge is 2.17. The molecule has 1 aliphatic rings. The molecule has 1 aromatic heterocycles. The average molecular weight is 284 g/mol. The van der Waals surface area contributed by atoms with Crippen LogP contribution in [0.5, 0.6) is 11.5 Å². The van der Waals surface area contributed by atoms with Crippen molar-refractivity contribution in [1.29, 1.82) is 0 Å². The minimum atomic E-state index is -0.00138. The van der Waals surface area contributed by atoms with Crippen LogP contribution in [0.2, 0.25) is 0 Å². The van der Waals surface area contributed by atoms with Gasteiger partial charge in [0.1, 0.15) is 17.2 Å². The number of aromatic nitrogens is 2. The van der Waals surface area contributed by atoms with Crippen molar-refractivity contribution in [1.82, 2.24) is 10.2 Å². The zero-order valence-corrected chi connectivity index (χ0v) is 11.6. The predicted octanol–water partition coefficient (Wildman–Crippen LogP) is 2.85. The maximum absolute atomic E-state index is 9.99. The summed E-state index contributed by atoms with van der Waals surface area (Å²) in [6.45, 7) is 0. The highest BCUT2D eigenvalue weighted by molar-refractivity contribution is 5.85. The lowest BCUT2D eigenvalue weighted by atomic mass is 9.96. The molecule has 3 N–H and O–H groups in total. The minimum Gasteiger partial charge on any atom is -0.508 e. The van der Waals surface area contributed by atoms with Gasteiger partial charge in [0.25, 0.3) is 0 Å². The van der Waals surface area contributed by atoms with Crippen LogP contribution < -0.4 is 0 Å². The van der Waals surface area contributed by atoms with E-state index >= 15 is 0 Å². The summed E-state index contributed by atoms with van der Waals surface area (Å²) in [5, 5.41) is 26.4. The predicted molar refractivity (Wildman–Crippen MR) is 79.9 cm³/mol. The topological polar surface area (TPSA) is 78.4 Å². The number of nitrogens with zero attached hydrogens (tertiary/aromatic N) is 1. The van der Waals surface area contributed by atoms with Gasteiger partial charge in [0, 0.05) is 30.5 Å². The number of rotatable bonds is 3. The van der Waals surface area contributed by atoms with Gasteiger partial charge in [0.05, 0.1) is 6.10 Å². The monoisotopic (exact) mass is 284 g/mol. The zero-order chi connectivity index (χ0) is 14.8. The van der Waals surface area contributed by atoms with Gasteiger partial charge < -0.3 is 14.9 Å². The lowest BCUT2D eigenvalue weighted by Crippen LogP contribution is -2.08. The van der Waals surface area contributed by atoms with E-state index in [0.29, 0.717) is 11.3 Å². The lowest BCUT2D eigenvalue weighted by Gasteiger charge is -2.14. The highest BCUT2D eigenvalue weighted by Crippen LogP contribution is 2.36. The third-order valence-electron chi connectivity index (χ3n) is 3.55. The number of hydrogen-bond acceptors (Lipinski definition) is 4. The van der Waals surface area contributed by atoms with Crippen molar-refractivity contribution in [2.24, 2.45) is 0 Å². The smallest absolute Gasteiger partial charge is 0.128 e. The number of aromatic hydroxyl groups is 2. The Morgan fingerprint density at radius 1 is 1.29 bits per heavy atom. The normalized spacial score (nSPS) is 17.8. The van der Waals surface area contributed by atoms with Crippen molar-refractivity contribution in [3.05, 3.63) is 48.2 Å². The van der Waals surface area contributed by atoms with Crippen LogP contribution in [0.3, 0.4) is 0 Å². The van der Waals surface area contributed by atoms with Crippen LogP contribution in [0.1, 0.15) is 12.0 Å². The number of phenols is 2. The van der Waals surface area contributed by atoms with Crippen LogP contribution in [0.25, 0.3) is 16.8 Å². The Balaban J connectivity index is 1.99. The first kappa shape index (κ1) is 13.5. The van der Waals surface area contributed by atoms with Gasteiger partial charge in [-0.15, -0.1) is 0 Å². The molecule has 0 spiro atoms. The average Bonchev–Trinajstić information content (AvgIpc) is 2.96. The van der Waals surface area contributed by atoms with Gasteiger partial charge in [-0.05, 0) is 24.1 Å². The van der Waals surface area contributed by atoms with E-state index in [0.717, 1.165) is 17.6 Å². The van der Waals surface area contributed by atoms with Crippen LogP contribution in [-0.2, 0) is 4.74 Å². The number of aromatic amines is 1. The number of hydrogen-bond donors (Lipinski definition) is 3. The second kappa shape index (κ2) is 5.46. The first-order chi connectivity index (χ1) is 10.2.